The number of morpholine rings is 1. The number of hydrogen-bond acceptors (Lipinski definition) is 4. The van der Waals surface area contributed by atoms with E-state index in [0.717, 1.165) is 12.1 Å². The highest BCUT2D eigenvalue weighted by molar-refractivity contribution is 7.92. The van der Waals surface area contributed by atoms with Crippen LogP contribution in [0, 0.1) is 0 Å². The van der Waals surface area contributed by atoms with Crippen LogP contribution in [-0.4, -0.2) is 62.6 Å². The second-order valence-corrected chi connectivity index (χ2v) is 11.0. The van der Waals surface area contributed by atoms with Crippen LogP contribution in [0.3, 0.4) is 0 Å². The zero-order valence-electron chi connectivity index (χ0n) is 17.8. The Bertz CT molecular complexity index is 849. The van der Waals surface area contributed by atoms with Crippen molar-refractivity contribution in [3.63, 3.8) is 0 Å². The molecule has 1 aromatic rings. The molecule has 1 N–H and O–H groups in total. The van der Waals surface area contributed by atoms with Crippen LogP contribution in [0.15, 0.2) is 29.3 Å². The highest BCUT2D eigenvalue weighted by atomic mass is 32.2. The number of guanidine groups is 1. The summed E-state index contributed by atoms with van der Waals surface area (Å²) in [6.07, 6.45) is -4.96. The van der Waals surface area contributed by atoms with Crippen LogP contribution in [-0.2, 0) is 20.8 Å². The highest BCUT2D eigenvalue weighted by Gasteiger charge is 2.32. The van der Waals surface area contributed by atoms with Crippen LogP contribution in [0.5, 0.6) is 0 Å². The second-order valence-electron chi connectivity index (χ2n) is 8.10. The number of alkyl halides is 3. The fourth-order valence-electron chi connectivity index (χ4n) is 2.96. The molecule has 30 heavy (non-hydrogen) atoms. The molecule has 1 aliphatic rings. The summed E-state index contributed by atoms with van der Waals surface area (Å²) in [5.41, 5.74) is -0.269. The third kappa shape index (κ3) is 6.34. The lowest BCUT2D eigenvalue weighted by molar-refractivity contribution is -0.137. The number of rotatable bonds is 5. The van der Waals surface area contributed by atoms with Crippen molar-refractivity contribution < 1.29 is 26.3 Å². The summed E-state index contributed by atoms with van der Waals surface area (Å²) in [7, 11) is -3.30. The fraction of sp³-hybridized carbons (Fsp3) is 0.650. The first-order valence-corrected chi connectivity index (χ1v) is 11.5. The smallest absolute Gasteiger partial charge is 0.370 e. The Morgan fingerprint density at radius 1 is 1.30 bits per heavy atom. The SMILES string of the molecule is CCNC(=NCCS(=O)(=O)C(C)(C)C)N1CCOC(c2cccc(C(F)(F)F)c2)C1. The zero-order valence-corrected chi connectivity index (χ0v) is 18.6. The molecule has 0 aromatic heterocycles. The van der Waals surface area contributed by atoms with Gasteiger partial charge in [0.15, 0.2) is 15.8 Å². The quantitative estimate of drug-likeness (QED) is 0.552. The first-order chi connectivity index (χ1) is 13.8. The van der Waals surface area contributed by atoms with E-state index in [0.29, 0.717) is 37.8 Å². The first kappa shape index (κ1) is 24.5. The van der Waals surface area contributed by atoms with Gasteiger partial charge in [-0.3, -0.25) is 4.99 Å². The van der Waals surface area contributed by atoms with Crippen LogP contribution < -0.4 is 5.32 Å². The third-order valence-electron chi connectivity index (χ3n) is 4.84. The predicted octanol–water partition coefficient (Wildman–Crippen LogP) is 3.26. The van der Waals surface area contributed by atoms with Crippen LogP contribution in [0.1, 0.15) is 44.9 Å². The van der Waals surface area contributed by atoms with Crippen LogP contribution in [0.2, 0.25) is 0 Å². The van der Waals surface area contributed by atoms with Crippen LogP contribution in [0.25, 0.3) is 0 Å². The molecule has 0 saturated carbocycles. The van der Waals surface area contributed by atoms with E-state index in [4.69, 9.17) is 4.74 Å². The van der Waals surface area contributed by atoms with Gasteiger partial charge in [-0.25, -0.2) is 8.42 Å². The Labute approximate surface area is 176 Å². The molecule has 170 valence electrons. The topological polar surface area (TPSA) is 71.0 Å². The van der Waals surface area contributed by atoms with Gasteiger partial charge in [-0.2, -0.15) is 13.2 Å². The lowest BCUT2D eigenvalue weighted by Gasteiger charge is -2.35. The van der Waals surface area contributed by atoms with Crippen molar-refractivity contribution in [2.45, 2.75) is 44.7 Å². The molecule has 10 heteroatoms. The van der Waals surface area contributed by atoms with Crippen molar-refractivity contribution in [3.8, 4) is 0 Å². The number of nitrogens with zero attached hydrogens (tertiary/aromatic N) is 2. The molecule has 1 fully saturated rings. The molecule has 2 rings (SSSR count). The van der Waals surface area contributed by atoms with Gasteiger partial charge in [0.05, 0.1) is 35.8 Å². The number of ether oxygens (including phenoxy) is 1. The molecule has 0 amide bonds. The maximum atomic E-state index is 13.0. The second kappa shape index (κ2) is 9.55. The van der Waals surface area contributed by atoms with E-state index in [1.54, 1.807) is 26.8 Å². The average molecular weight is 450 g/mol. The Balaban J connectivity index is 2.14. The Kier molecular flexibility index (Phi) is 7.79. The summed E-state index contributed by atoms with van der Waals surface area (Å²) in [4.78, 5) is 6.33. The van der Waals surface area contributed by atoms with E-state index in [1.807, 2.05) is 11.8 Å². The molecule has 0 bridgehead atoms. The number of benzene rings is 1. The van der Waals surface area contributed by atoms with Gasteiger partial charge < -0.3 is 15.0 Å². The van der Waals surface area contributed by atoms with Gasteiger partial charge in [0.1, 0.15) is 6.10 Å². The lowest BCUT2D eigenvalue weighted by Crippen LogP contribution is -2.48. The zero-order chi connectivity index (χ0) is 22.6. The molecule has 0 radical (unpaired) electrons. The molecule has 1 heterocycles. The minimum Gasteiger partial charge on any atom is -0.370 e. The van der Waals surface area contributed by atoms with Gasteiger partial charge in [-0.15, -0.1) is 0 Å². The first-order valence-electron chi connectivity index (χ1n) is 9.89. The van der Waals surface area contributed by atoms with Crippen molar-refractivity contribution in [2.75, 3.05) is 38.5 Å². The number of aliphatic imine (C=N–C) groups is 1. The maximum absolute atomic E-state index is 13.0. The van der Waals surface area contributed by atoms with Gasteiger partial charge in [0.2, 0.25) is 0 Å². The molecule has 0 spiro atoms. The summed E-state index contributed by atoms with van der Waals surface area (Å²) in [6.45, 7) is 8.69. The molecule has 6 nitrogen and oxygen atoms in total. The van der Waals surface area contributed by atoms with Crippen molar-refractivity contribution in [1.82, 2.24) is 10.2 Å². The average Bonchev–Trinajstić information content (AvgIpc) is 2.66. The molecular weight excluding hydrogens is 419 g/mol. The largest absolute Gasteiger partial charge is 0.416 e. The Morgan fingerprint density at radius 2 is 2.00 bits per heavy atom. The van der Waals surface area contributed by atoms with E-state index >= 15 is 0 Å². The van der Waals surface area contributed by atoms with E-state index in [1.165, 1.54) is 6.07 Å². The summed E-state index contributed by atoms with van der Waals surface area (Å²) < 4.78 is 68.5. The molecule has 1 unspecified atom stereocenters. The molecule has 1 atom stereocenters. The monoisotopic (exact) mass is 449 g/mol. The third-order valence-corrected chi connectivity index (χ3v) is 7.43. The Morgan fingerprint density at radius 3 is 2.60 bits per heavy atom. The van der Waals surface area contributed by atoms with Crippen molar-refractivity contribution in [1.29, 1.82) is 0 Å². The Hall–Kier alpha value is -1.81. The summed E-state index contributed by atoms with van der Waals surface area (Å²) >= 11 is 0. The van der Waals surface area contributed by atoms with Crippen LogP contribution in [0.4, 0.5) is 13.2 Å². The number of sulfone groups is 1. The minimum atomic E-state index is -4.42. The predicted molar refractivity (Wildman–Crippen MR) is 111 cm³/mol. The van der Waals surface area contributed by atoms with Gasteiger partial charge >= 0.3 is 6.18 Å². The number of hydrogen-bond donors (Lipinski definition) is 1. The van der Waals surface area contributed by atoms with Crippen molar-refractivity contribution in [3.05, 3.63) is 35.4 Å². The normalized spacial score (nSPS) is 19.1. The van der Waals surface area contributed by atoms with E-state index in [-0.39, 0.29) is 12.3 Å². The molecular formula is C20H30F3N3O3S. The minimum absolute atomic E-state index is 0.0766. The standard InChI is InChI=1S/C20H30F3N3O3S/c1-5-24-18(25-9-12-30(27,28)19(2,3)4)26-10-11-29-17(14-26)15-7-6-8-16(13-15)20(21,22)23/h6-8,13,17H,5,9-12,14H2,1-4H3,(H,24,25). The highest BCUT2D eigenvalue weighted by Crippen LogP contribution is 2.32. The van der Waals surface area contributed by atoms with Crippen molar-refractivity contribution in [2.24, 2.45) is 4.99 Å². The maximum Gasteiger partial charge on any atom is 0.416 e. The van der Waals surface area contributed by atoms with E-state index in [2.05, 4.69) is 10.3 Å². The number of nitrogens with one attached hydrogen (secondary N) is 1. The molecule has 1 saturated heterocycles. The molecule has 1 aromatic carbocycles. The van der Waals surface area contributed by atoms with Gasteiger partial charge in [0, 0.05) is 13.1 Å². The van der Waals surface area contributed by atoms with Gasteiger partial charge in [0.25, 0.3) is 0 Å². The van der Waals surface area contributed by atoms with Crippen LogP contribution >= 0.6 is 0 Å². The van der Waals surface area contributed by atoms with Gasteiger partial charge in [-0.05, 0) is 45.4 Å². The van der Waals surface area contributed by atoms with E-state index < -0.39 is 32.4 Å². The summed E-state index contributed by atoms with van der Waals surface area (Å²) in [5.74, 6) is 0.453. The summed E-state index contributed by atoms with van der Waals surface area (Å²) in [5, 5.41) is 3.13. The molecule has 1 aliphatic heterocycles. The number of halogens is 3. The lowest BCUT2D eigenvalue weighted by atomic mass is 10.0. The fourth-order valence-corrected chi connectivity index (χ4v) is 3.91. The summed E-state index contributed by atoms with van der Waals surface area (Å²) in [6, 6.07) is 5.12. The molecule has 0 aliphatic carbocycles. The van der Waals surface area contributed by atoms with E-state index in [9.17, 15) is 21.6 Å². The van der Waals surface area contributed by atoms with Gasteiger partial charge in [-0.1, -0.05) is 12.1 Å². The van der Waals surface area contributed by atoms with Crippen molar-refractivity contribution >= 4 is 15.8 Å².